The number of halogens is 2. The highest BCUT2D eigenvalue weighted by Gasteiger charge is 2.21. The van der Waals surface area contributed by atoms with Crippen LogP contribution in [0.2, 0.25) is 5.02 Å². The van der Waals surface area contributed by atoms with Gasteiger partial charge < -0.3 is 10.1 Å². The highest BCUT2D eigenvalue weighted by Crippen LogP contribution is 2.19. The molecule has 5 heteroatoms. The predicted molar refractivity (Wildman–Crippen MR) is 71.7 cm³/mol. The van der Waals surface area contributed by atoms with E-state index in [0.29, 0.717) is 30.2 Å². The van der Waals surface area contributed by atoms with E-state index < -0.39 is 0 Å². The van der Waals surface area contributed by atoms with Crippen molar-refractivity contribution in [1.82, 2.24) is 5.32 Å². The van der Waals surface area contributed by atoms with E-state index in [4.69, 9.17) is 16.3 Å². The molecular formula is C14H17ClFNO2. The van der Waals surface area contributed by atoms with Crippen molar-refractivity contribution in [3.8, 4) is 0 Å². The molecule has 1 heterocycles. The molecule has 3 nitrogen and oxygen atoms in total. The van der Waals surface area contributed by atoms with Crippen LogP contribution in [0.15, 0.2) is 18.2 Å². The summed E-state index contributed by atoms with van der Waals surface area (Å²) in [6.45, 7) is 1.59. The molecule has 19 heavy (non-hydrogen) atoms. The lowest BCUT2D eigenvalue weighted by molar-refractivity contribution is -0.128. The Bertz CT molecular complexity index is 427. The molecule has 1 fully saturated rings. The Labute approximate surface area is 117 Å². The van der Waals surface area contributed by atoms with Gasteiger partial charge in [0.2, 0.25) is 5.91 Å². The molecule has 1 aromatic carbocycles. The van der Waals surface area contributed by atoms with Gasteiger partial charge in [0, 0.05) is 23.7 Å². The number of benzene rings is 1. The van der Waals surface area contributed by atoms with Gasteiger partial charge in [-0.3, -0.25) is 4.79 Å². The lowest BCUT2D eigenvalue weighted by Crippen LogP contribution is -2.36. The molecule has 1 unspecified atom stereocenters. The largest absolute Gasteiger partial charge is 0.381 e. The van der Waals surface area contributed by atoms with Crippen molar-refractivity contribution in [2.45, 2.75) is 19.3 Å². The molecule has 1 amide bonds. The van der Waals surface area contributed by atoms with Crippen molar-refractivity contribution in [3.05, 3.63) is 34.6 Å². The summed E-state index contributed by atoms with van der Waals surface area (Å²) in [5.74, 6) is -0.431. The third kappa shape index (κ3) is 3.91. The highest BCUT2D eigenvalue weighted by molar-refractivity contribution is 6.31. The van der Waals surface area contributed by atoms with Crippen LogP contribution in [0.1, 0.15) is 18.4 Å². The molecule has 1 aromatic rings. The first kappa shape index (κ1) is 14.3. The number of nitrogens with one attached hydrogen (secondary N) is 1. The van der Waals surface area contributed by atoms with Crippen molar-refractivity contribution >= 4 is 17.5 Å². The van der Waals surface area contributed by atoms with Crippen molar-refractivity contribution in [2.75, 3.05) is 19.8 Å². The minimum atomic E-state index is -0.331. The Morgan fingerprint density at radius 3 is 3.05 bits per heavy atom. The van der Waals surface area contributed by atoms with E-state index >= 15 is 0 Å². The van der Waals surface area contributed by atoms with E-state index in [1.807, 2.05) is 0 Å². The SMILES string of the molecule is O=C(NCCc1c(F)cccc1Cl)C1CCCOC1. The second-order valence-electron chi connectivity index (χ2n) is 4.66. The molecule has 1 N–H and O–H groups in total. The highest BCUT2D eigenvalue weighted by atomic mass is 35.5. The lowest BCUT2D eigenvalue weighted by atomic mass is 10.0. The van der Waals surface area contributed by atoms with E-state index in [1.165, 1.54) is 6.07 Å². The Kier molecular flexibility index (Phi) is 5.16. The number of hydrogen-bond donors (Lipinski definition) is 1. The average Bonchev–Trinajstić information content (AvgIpc) is 2.43. The normalized spacial score (nSPS) is 19.2. The van der Waals surface area contributed by atoms with E-state index in [-0.39, 0.29) is 17.6 Å². The van der Waals surface area contributed by atoms with Crippen LogP contribution in [0.25, 0.3) is 0 Å². The maximum Gasteiger partial charge on any atom is 0.225 e. The first-order valence-electron chi connectivity index (χ1n) is 6.47. The molecule has 0 radical (unpaired) electrons. The quantitative estimate of drug-likeness (QED) is 0.923. The van der Waals surface area contributed by atoms with Crippen molar-refractivity contribution in [2.24, 2.45) is 5.92 Å². The van der Waals surface area contributed by atoms with Crippen molar-refractivity contribution in [1.29, 1.82) is 0 Å². The standard InChI is InChI=1S/C14H17ClFNO2/c15-12-4-1-5-13(16)11(12)6-7-17-14(18)10-3-2-8-19-9-10/h1,4-5,10H,2-3,6-9H2,(H,17,18). The molecule has 0 aromatic heterocycles. The number of carbonyl (C=O) groups is 1. The lowest BCUT2D eigenvalue weighted by Gasteiger charge is -2.21. The van der Waals surface area contributed by atoms with Crippen LogP contribution >= 0.6 is 11.6 Å². The monoisotopic (exact) mass is 285 g/mol. The maximum atomic E-state index is 13.5. The fraction of sp³-hybridized carbons (Fsp3) is 0.500. The van der Waals surface area contributed by atoms with Crippen molar-refractivity contribution < 1.29 is 13.9 Å². The fourth-order valence-electron chi connectivity index (χ4n) is 2.17. The second kappa shape index (κ2) is 6.87. The molecule has 0 spiro atoms. The smallest absolute Gasteiger partial charge is 0.225 e. The molecule has 0 aliphatic carbocycles. The Morgan fingerprint density at radius 2 is 2.37 bits per heavy atom. The van der Waals surface area contributed by atoms with Crippen LogP contribution in [-0.2, 0) is 16.0 Å². The Balaban J connectivity index is 1.81. The van der Waals surface area contributed by atoms with E-state index in [1.54, 1.807) is 12.1 Å². The molecule has 0 bridgehead atoms. The molecular weight excluding hydrogens is 269 g/mol. The summed E-state index contributed by atoms with van der Waals surface area (Å²) in [7, 11) is 0. The van der Waals surface area contributed by atoms with Gasteiger partial charge >= 0.3 is 0 Å². The minimum Gasteiger partial charge on any atom is -0.381 e. The zero-order valence-corrected chi connectivity index (χ0v) is 11.4. The summed E-state index contributed by atoms with van der Waals surface area (Å²) in [5, 5.41) is 3.21. The zero-order chi connectivity index (χ0) is 13.7. The summed E-state index contributed by atoms with van der Waals surface area (Å²) in [6, 6.07) is 4.59. The number of hydrogen-bond acceptors (Lipinski definition) is 2. The fourth-order valence-corrected chi connectivity index (χ4v) is 2.43. The third-order valence-electron chi connectivity index (χ3n) is 3.27. The Hall–Kier alpha value is -1.13. The second-order valence-corrected chi connectivity index (χ2v) is 5.06. The van der Waals surface area contributed by atoms with Crippen molar-refractivity contribution in [3.63, 3.8) is 0 Å². The molecule has 104 valence electrons. The molecule has 1 aliphatic rings. The minimum absolute atomic E-state index is 0.0211. The van der Waals surface area contributed by atoms with Gasteiger partial charge in [-0.25, -0.2) is 4.39 Å². The molecule has 2 rings (SSSR count). The van der Waals surface area contributed by atoms with E-state index in [2.05, 4.69) is 5.32 Å². The van der Waals surface area contributed by atoms with Gasteiger partial charge in [-0.2, -0.15) is 0 Å². The summed E-state index contributed by atoms with van der Waals surface area (Å²) in [6.07, 6.45) is 2.16. The predicted octanol–water partition coefficient (Wildman–Crippen LogP) is 2.56. The number of amides is 1. The summed E-state index contributed by atoms with van der Waals surface area (Å²) >= 11 is 5.92. The van der Waals surface area contributed by atoms with Crippen LogP contribution in [0.3, 0.4) is 0 Å². The van der Waals surface area contributed by atoms with Crippen LogP contribution in [0.4, 0.5) is 4.39 Å². The number of ether oxygens (including phenoxy) is 1. The zero-order valence-electron chi connectivity index (χ0n) is 10.6. The molecule has 1 aliphatic heterocycles. The third-order valence-corrected chi connectivity index (χ3v) is 3.62. The first-order chi connectivity index (χ1) is 9.18. The van der Waals surface area contributed by atoms with Crippen LogP contribution in [-0.4, -0.2) is 25.7 Å². The molecule has 0 saturated carbocycles. The van der Waals surface area contributed by atoms with Crippen LogP contribution in [0, 0.1) is 11.7 Å². The van der Waals surface area contributed by atoms with Gasteiger partial charge in [-0.1, -0.05) is 17.7 Å². The van der Waals surface area contributed by atoms with Gasteiger partial charge in [0.15, 0.2) is 0 Å². The average molecular weight is 286 g/mol. The van der Waals surface area contributed by atoms with Gasteiger partial charge in [-0.15, -0.1) is 0 Å². The number of carbonyl (C=O) groups excluding carboxylic acids is 1. The summed E-state index contributed by atoms with van der Waals surface area (Å²) in [5.41, 5.74) is 0.448. The molecule has 1 saturated heterocycles. The Morgan fingerprint density at radius 1 is 1.53 bits per heavy atom. The molecule has 1 atom stereocenters. The number of rotatable bonds is 4. The summed E-state index contributed by atoms with van der Waals surface area (Å²) in [4.78, 5) is 11.8. The van der Waals surface area contributed by atoms with Gasteiger partial charge in [0.05, 0.1) is 12.5 Å². The maximum absolute atomic E-state index is 13.5. The summed E-state index contributed by atoms with van der Waals surface area (Å²) < 4.78 is 18.8. The van der Waals surface area contributed by atoms with Crippen LogP contribution in [0.5, 0.6) is 0 Å². The topological polar surface area (TPSA) is 38.3 Å². The van der Waals surface area contributed by atoms with Gasteiger partial charge in [0.1, 0.15) is 5.82 Å². The van der Waals surface area contributed by atoms with E-state index in [0.717, 1.165) is 19.4 Å². The van der Waals surface area contributed by atoms with Gasteiger partial charge in [-0.05, 0) is 31.4 Å². The first-order valence-corrected chi connectivity index (χ1v) is 6.84. The van der Waals surface area contributed by atoms with Gasteiger partial charge in [0.25, 0.3) is 0 Å². The van der Waals surface area contributed by atoms with Crippen LogP contribution < -0.4 is 5.32 Å². The van der Waals surface area contributed by atoms with E-state index in [9.17, 15) is 9.18 Å².